The lowest BCUT2D eigenvalue weighted by atomic mass is 10.0. The zero-order valence-corrected chi connectivity index (χ0v) is 15.7. The molecule has 2 N–H and O–H groups in total. The van der Waals surface area contributed by atoms with Crippen molar-refractivity contribution in [1.29, 1.82) is 0 Å². The predicted molar refractivity (Wildman–Crippen MR) is 102 cm³/mol. The molecule has 0 saturated heterocycles. The summed E-state index contributed by atoms with van der Waals surface area (Å²) in [4.78, 5) is 22.6. The van der Waals surface area contributed by atoms with Crippen molar-refractivity contribution < 1.29 is 9.72 Å². The molecule has 0 heterocycles. The maximum absolute atomic E-state index is 12.2. The molecule has 0 aromatic heterocycles. The molecule has 0 aliphatic carbocycles. The Bertz CT molecular complexity index is 763. The summed E-state index contributed by atoms with van der Waals surface area (Å²) in [7, 11) is 0. The Morgan fingerprint density at radius 2 is 1.92 bits per heavy atom. The first-order valence-electron chi connectivity index (χ1n) is 7.94. The number of halogens is 1. The third-order valence-electron chi connectivity index (χ3n) is 3.90. The van der Waals surface area contributed by atoms with E-state index in [4.69, 9.17) is 0 Å². The van der Waals surface area contributed by atoms with Crippen molar-refractivity contribution in [3.8, 4) is 0 Å². The minimum absolute atomic E-state index is 0.0462. The van der Waals surface area contributed by atoms with Crippen LogP contribution in [0.2, 0.25) is 0 Å². The predicted octanol–water partition coefficient (Wildman–Crippen LogP) is 4.35. The van der Waals surface area contributed by atoms with Crippen LogP contribution in [0.1, 0.15) is 30.5 Å². The van der Waals surface area contributed by atoms with Gasteiger partial charge in [-0.1, -0.05) is 41.1 Å². The number of anilines is 1. The van der Waals surface area contributed by atoms with Crippen molar-refractivity contribution in [2.24, 2.45) is 0 Å². The van der Waals surface area contributed by atoms with E-state index in [2.05, 4.69) is 26.6 Å². The van der Waals surface area contributed by atoms with Gasteiger partial charge < -0.3 is 10.6 Å². The second-order valence-electron chi connectivity index (χ2n) is 5.70. The Labute approximate surface area is 154 Å². The number of hydrogen-bond acceptors (Lipinski definition) is 4. The number of nitro groups is 1. The van der Waals surface area contributed by atoms with Crippen LogP contribution in [-0.4, -0.2) is 17.4 Å². The maximum Gasteiger partial charge on any atom is 0.271 e. The first kappa shape index (κ1) is 19.1. The van der Waals surface area contributed by atoms with Crippen molar-refractivity contribution in [3.63, 3.8) is 0 Å². The van der Waals surface area contributed by atoms with Crippen LogP contribution in [0, 0.1) is 17.0 Å². The number of hydrogen-bond donors (Lipinski definition) is 2. The smallest absolute Gasteiger partial charge is 0.271 e. The number of nitrogens with zero attached hydrogens (tertiary/aromatic N) is 1. The second-order valence-corrected chi connectivity index (χ2v) is 6.61. The van der Waals surface area contributed by atoms with E-state index in [0.717, 1.165) is 22.0 Å². The van der Waals surface area contributed by atoms with E-state index in [1.165, 1.54) is 12.1 Å². The summed E-state index contributed by atoms with van der Waals surface area (Å²) < 4.78 is 1.00. The Hall–Kier alpha value is -2.25. The van der Waals surface area contributed by atoms with E-state index < -0.39 is 4.92 Å². The van der Waals surface area contributed by atoms with Gasteiger partial charge in [-0.3, -0.25) is 14.9 Å². The van der Waals surface area contributed by atoms with E-state index >= 15 is 0 Å². The number of nitro benzene ring substituents is 1. The first-order valence-corrected chi connectivity index (χ1v) is 8.73. The molecule has 0 unspecified atom stereocenters. The molecule has 132 valence electrons. The fourth-order valence-corrected chi connectivity index (χ4v) is 2.73. The van der Waals surface area contributed by atoms with E-state index in [0.29, 0.717) is 5.69 Å². The summed E-state index contributed by atoms with van der Waals surface area (Å²) in [5.41, 5.74) is 2.29. The fraction of sp³-hybridized carbons (Fsp3) is 0.278. The standard InChI is InChI=1S/C18H20BrN3O3/c1-3-16(13-5-7-14(19)8-6-13)20-11-18(23)21-17-10-15(22(24)25)9-4-12(17)2/h4-10,16,20H,3,11H2,1-2H3,(H,21,23)/t16-/m1/s1. The molecule has 2 aromatic carbocycles. The zero-order chi connectivity index (χ0) is 18.4. The van der Waals surface area contributed by atoms with E-state index in [-0.39, 0.29) is 24.2 Å². The molecule has 0 aliphatic rings. The van der Waals surface area contributed by atoms with Gasteiger partial charge in [0, 0.05) is 22.6 Å². The molecule has 0 aliphatic heterocycles. The Kier molecular flexibility index (Phi) is 6.66. The molecule has 2 aromatic rings. The molecular weight excluding hydrogens is 386 g/mol. The van der Waals surface area contributed by atoms with Gasteiger partial charge in [0.05, 0.1) is 17.2 Å². The number of benzene rings is 2. The third kappa shape index (κ3) is 5.37. The number of aryl methyl sites for hydroxylation is 1. The Balaban J connectivity index is 1.99. The quantitative estimate of drug-likeness (QED) is 0.529. The van der Waals surface area contributed by atoms with Gasteiger partial charge in [0.1, 0.15) is 0 Å². The van der Waals surface area contributed by atoms with Gasteiger partial charge in [-0.05, 0) is 36.6 Å². The monoisotopic (exact) mass is 405 g/mol. The molecule has 2 rings (SSSR count). The molecule has 7 heteroatoms. The topological polar surface area (TPSA) is 84.3 Å². The van der Waals surface area contributed by atoms with Crippen LogP contribution in [-0.2, 0) is 4.79 Å². The molecule has 6 nitrogen and oxygen atoms in total. The molecule has 0 spiro atoms. The van der Waals surface area contributed by atoms with Crippen LogP contribution in [0.4, 0.5) is 11.4 Å². The molecule has 1 amide bonds. The molecule has 25 heavy (non-hydrogen) atoms. The van der Waals surface area contributed by atoms with Crippen LogP contribution >= 0.6 is 15.9 Å². The van der Waals surface area contributed by atoms with E-state index in [1.54, 1.807) is 13.0 Å². The number of carbonyl (C=O) groups excluding carboxylic acids is 1. The van der Waals surface area contributed by atoms with E-state index in [1.807, 2.05) is 31.2 Å². The van der Waals surface area contributed by atoms with Crippen LogP contribution in [0.3, 0.4) is 0 Å². The lowest BCUT2D eigenvalue weighted by Gasteiger charge is -2.17. The molecule has 0 bridgehead atoms. The molecule has 0 fully saturated rings. The van der Waals surface area contributed by atoms with Gasteiger partial charge in [0.2, 0.25) is 5.91 Å². The van der Waals surface area contributed by atoms with Crippen molar-refractivity contribution in [2.75, 3.05) is 11.9 Å². The normalized spacial score (nSPS) is 11.8. The highest BCUT2D eigenvalue weighted by Crippen LogP contribution is 2.22. The first-order chi connectivity index (χ1) is 11.9. The van der Waals surface area contributed by atoms with Crippen LogP contribution in [0.25, 0.3) is 0 Å². The van der Waals surface area contributed by atoms with Crippen molar-refractivity contribution in [3.05, 3.63) is 68.2 Å². The third-order valence-corrected chi connectivity index (χ3v) is 4.42. The number of carbonyl (C=O) groups is 1. The molecule has 0 saturated carbocycles. The second kappa shape index (κ2) is 8.73. The lowest BCUT2D eigenvalue weighted by molar-refractivity contribution is -0.384. The number of nitrogens with one attached hydrogen (secondary N) is 2. The Morgan fingerprint density at radius 3 is 2.52 bits per heavy atom. The summed E-state index contributed by atoms with van der Waals surface area (Å²) in [6.07, 6.45) is 0.838. The SMILES string of the molecule is CC[C@@H](NCC(=O)Nc1cc([N+](=O)[O-])ccc1C)c1ccc(Br)cc1. The molecule has 1 atom stereocenters. The van der Waals surface area contributed by atoms with Gasteiger partial charge in [-0.15, -0.1) is 0 Å². The van der Waals surface area contributed by atoms with Crippen LogP contribution in [0.5, 0.6) is 0 Å². The maximum atomic E-state index is 12.2. The minimum Gasteiger partial charge on any atom is -0.324 e. The number of rotatable bonds is 7. The summed E-state index contributed by atoms with van der Waals surface area (Å²) in [5, 5.41) is 16.8. The molecular formula is C18H20BrN3O3. The summed E-state index contributed by atoms with van der Waals surface area (Å²) >= 11 is 3.41. The van der Waals surface area contributed by atoms with Crippen molar-refractivity contribution in [1.82, 2.24) is 5.32 Å². The van der Waals surface area contributed by atoms with Gasteiger partial charge in [0.25, 0.3) is 5.69 Å². The summed E-state index contributed by atoms with van der Waals surface area (Å²) in [5.74, 6) is -0.237. The van der Waals surface area contributed by atoms with Crippen LogP contribution < -0.4 is 10.6 Å². The lowest BCUT2D eigenvalue weighted by Crippen LogP contribution is -2.31. The number of amides is 1. The highest BCUT2D eigenvalue weighted by Gasteiger charge is 2.13. The van der Waals surface area contributed by atoms with Gasteiger partial charge in [0.15, 0.2) is 0 Å². The highest BCUT2D eigenvalue weighted by molar-refractivity contribution is 9.10. The average molecular weight is 406 g/mol. The minimum atomic E-state index is -0.478. The number of non-ortho nitro benzene ring substituents is 1. The summed E-state index contributed by atoms with van der Waals surface area (Å²) in [6.45, 7) is 3.96. The van der Waals surface area contributed by atoms with Gasteiger partial charge in [-0.2, -0.15) is 0 Å². The largest absolute Gasteiger partial charge is 0.324 e. The van der Waals surface area contributed by atoms with Gasteiger partial charge in [-0.25, -0.2) is 0 Å². The molecule has 0 radical (unpaired) electrons. The van der Waals surface area contributed by atoms with Crippen LogP contribution in [0.15, 0.2) is 46.9 Å². The van der Waals surface area contributed by atoms with Gasteiger partial charge >= 0.3 is 0 Å². The zero-order valence-electron chi connectivity index (χ0n) is 14.1. The van der Waals surface area contributed by atoms with E-state index in [9.17, 15) is 14.9 Å². The fourth-order valence-electron chi connectivity index (χ4n) is 2.46. The average Bonchev–Trinajstić information content (AvgIpc) is 2.58. The van der Waals surface area contributed by atoms with Crippen molar-refractivity contribution in [2.45, 2.75) is 26.3 Å². The van der Waals surface area contributed by atoms with Crippen molar-refractivity contribution >= 4 is 33.2 Å². The Morgan fingerprint density at radius 1 is 1.24 bits per heavy atom. The summed E-state index contributed by atoms with van der Waals surface area (Å²) in [6, 6.07) is 12.4. The highest BCUT2D eigenvalue weighted by atomic mass is 79.9.